The van der Waals surface area contributed by atoms with Gasteiger partial charge in [-0.1, -0.05) is 79.1 Å². The minimum Gasteiger partial charge on any atom is -0.344 e. The molecule has 0 spiro atoms. The van der Waals surface area contributed by atoms with Crippen LogP contribution in [-0.2, 0) is 25.6 Å². The molecule has 0 saturated carbocycles. The van der Waals surface area contributed by atoms with Crippen LogP contribution in [0.5, 0.6) is 0 Å². The van der Waals surface area contributed by atoms with E-state index in [1.54, 1.807) is 0 Å². The SMILES string of the molecule is CCCCCCC(C)P(=O)(O)C(C)CCCCCC.[Mo]. The molecule has 0 aromatic heterocycles. The zero-order chi connectivity index (χ0) is 14.7. The zero-order valence-corrected chi connectivity index (χ0v) is 16.8. The van der Waals surface area contributed by atoms with Crippen molar-refractivity contribution < 1.29 is 30.5 Å². The Morgan fingerprint density at radius 2 is 1.15 bits per heavy atom. The predicted octanol–water partition coefficient (Wildman–Crippen LogP) is 5.97. The number of hydrogen-bond donors (Lipinski definition) is 1. The van der Waals surface area contributed by atoms with E-state index in [1.165, 1.54) is 38.5 Å². The predicted molar refractivity (Wildman–Crippen MR) is 86.3 cm³/mol. The van der Waals surface area contributed by atoms with Crippen LogP contribution in [0.3, 0.4) is 0 Å². The first kappa shape index (κ1) is 23.1. The molecule has 2 nitrogen and oxygen atoms in total. The molecule has 2 atom stereocenters. The van der Waals surface area contributed by atoms with Gasteiger partial charge in [-0.3, -0.25) is 4.57 Å². The molecular weight excluding hydrogens is 351 g/mol. The molecule has 0 aliphatic heterocycles. The van der Waals surface area contributed by atoms with Gasteiger partial charge in [0.1, 0.15) is 0 Å². The molecule has 0 fully saturated rings. The second kappa shape index (κ2) is 13.5. The minimum atomic E-state index is -2.97. The van der Waals surface area contributed by atoms with E-state index >= 15 is 0 Å². The van der Waals surface area contributed by atoms with Gasteiger partial charge in [0, 0.05) is 32.4 Å². The minimum absolute atomic E-state index is 0. The Kier molecular flexibility index (Phi) is 15.7. The van der Waals surface area contributed by atoms with Crippen molar-refractivity contribution in [3.8, 4) is 0 Å². The summed E-state index contributed by atoms with van der Waals surface area (Å²) in [6.07, 6.45) is 11.4. The Morgan fingerprint density at radius 3 is 1.45 bits per heavy atom. The largest absolute Gasteiger partial charge is 0.344 e. The van der Waals surface area contributed by atoms with Gasteiger partial charge >= 0.3 is 0 Å². The fourth-order valence-corrected chi connectivity index (χ4v) is 4.51. The second-order valence-electron chi connectivity index (χ2n) is 6.07. The maximum Gasteiger partial charge on any atom is 0.206 e. The van der Waals surface area contributed by atoms with Crippen LogP contribution in [0.1, 0.15) is 91.9 Å². The van der Waals surface area contributed by atoms with Gasteiger partial charge in [0.05, 0.1) is 0 Å². The molecular formula is C16H35MoO2P. The van der Waals surface area contributed by atoms with E-state index in [0.29, 0.717) is 0 Å². The van der Waals surface area contributed by atoms with E-state index in [2.05, 4.69) is 13.8 Å². The molecule has 20 heavy (non-hydrogen) atoms. The summed E-state index contributed by atoms with van der Waals surface area (Å²) in [4.78, 5) is 10.3. The average molecular weight is 386 g/mol. The van der Waals surface area contributed by atoms with E-state index in [0.717, 1.165) is 25.7 Å². The summed E-state index contributed by atoms with van der Waals surface area (Å²) in [6.45, 7) is 8.32. The first-order valence-electron chi connectivity index (χ1n) is 8.28. The molecule has 1 N–H and O–H groups in total. The molecule has 0 bridgehead atoms. The van der Waals surface area contributed by atoms with Crippen molar-refractivity contribution in [3.63, 3.8) is 0 Å². The Labute approximate surface area is 141 Å². The van der Waals surface area contributed by atoms with Crippen molar-refractivity contribution in [2.24, 2.45) is 0 Å². The van der Waals surface area contributed by atoms with Crippen molar-refractivity contribution in [2.45, 2.75) is 103 Å². The van der Waals surface area contributed by atoms with E-state index in [4.69, 9.17) is 0 Å². The van der Waals surface area contributed by atoms with Crippen LogP contribution < -0.4 is 0 Å². The third kappa shape index (κ3) is 9.75. The van der Waals surface area contributed by atoms with Crippen molar-refractivity contribution in [3.05, 3.63) is 0 Å². The quantitative estimate of drug-likeness (QED) is 0.255. The van der Waals surface area contributed by atoms with Crippen LogP contribution in [-0.4, -0.2) is 16.2 Å². The van der Waals surface area contributed by atoms with Crippen molar-refractivity contribution in [1.82, 2.24) is 0 Å². The standard InChI is InChI=1S/C16H35O2P.Mo/c1-5-7-9-11-13-15(3)19(17,18)16(4)14-12-10-8-6-2;/h15-16H,5-14H2,1-4H3,(H,17,18);. The van der Waals surface area contributed by atoms with Gasteiger partial charge in [-0.25, -0.2) is 0 Å². The van der Waals surface area contributed by atoms with E-state index in [-0.39, 0.29) is 32.4 Å². The van der Waals surface area contributed by atoms with Gasteiger partial charge in [0.2, 0.25) is 7.37 Å². The third-order valence-electron chi connectivity index (χ3n) is 4.21. The molecule has 0 heterocycles. The molecule has 0 aliphatic rings. The summed E-state index contributed by atoms with van der Waals surface area (Å²) in [5.74, 6) is 0. The summed E-state index contributed by atoms with van der Waals surface area (Å²) in [7, 11) is -2.97. The first-order chi connectivity index (χ1) is 8.96. The molecule has 0 rings (SSSR count). The maximum absolute atomic E-state index is 12.5. The van der Waals surface area contributed by atoms with Gasteiger partial charge in [0.15, 0.2) is 0 Å². The van der Waals surface area contributed by atoms with E-state index in [9.17, 15) is 9.46 Å². The zero-order valence-electron chi connectivity index (χ0n) is 13.9. The van der Waals surface area contributed by atoms with Crippen LogP contribution in [0.25, 0.3) is 0 Å². The van der Waals surface area contributed by atoms with Gasteiger partial charge in [-0.05, 0) is 12.8 Å². The number of rotatable bonds is 12. The molecule has 0 aromatic rings. The summed E-state index contributed by atoms with van der Waals surface area (Å²) < 4.78 is 12.5. The van der Waals surface area contributed by atoms with Crippen LogP contribution in [0, 0.1) is 0 Å². The molecule has 4 heteroatoms. The van der Waals surface area contributed by atoms with Crippen LogP contribution >= 0.6 is 7.37 Å². The number of hydrogen-bond acceptors (Lipinski definition) is 1. The summed E-state index contributed by atoms with van der Waals surface area (Å²) in [5, 5.41) is 0. The van der Waals surface area contributed by atoms with Gasteiger partial charge in [-0.2, -0.15) is 0 Å². The van der Waals surface area contributed by atoms with E-state index < -0.39 is 7.37 Å². The Bertz CT molecular complexity index is 237. The number of unbranched alkanes of at least 4 members (excludes halogenated alkanes) is 6. The fraction of sp³-hybridized carbons (Fsp3) is 1.00. The summed E-state index contributed by atoms with van der Waals surface area (Å²) >= 11 is 0. The molecule has 0 aromatic carbocycles. The van der Waals surface area contributed by atoms with Gasteiger partial charge in [0.25, 0.3) is 0 Å². The van der Waals surface area contributed by atoms with Crippen molar-refractivity contribution >= 4 is 7.37 Å². The first-order valence-corrected chi connectivity index (χ1v) is 10.1. The summed E-state index contributed by atoms with van der Waals surface area (Å²) in [5.41, 5.74) is -0.0453. The topological polar surface area (TPSA) is 37.3 Å². The fourth-order valence-electron chi connectivity index (χ4n) is 2.54. The molecule has 0 aliphatic carbocycles. The Hall–Kier alpha value is 0.878. The average Bonchev–Trinajstić information content (AvgIpc) is 2.39. The van der Waals surface area contributed by atoms with Crippen molar-refractivity contribution in [1.29, 1.82) is 0 Å². The van der Waals surface area contributed by atoms with E-state index in [1.807, 2.05) is 13.8 Å². The molecule has 2 unspecified atom stereocenters. The van der Waals surface area contributed by atoms with Gasteiger partial charge in [-0.15, -0.1) is 0 Å². The maximum atomic E-state index is 12.5. The Morgan fingerprint density at radius 1 is 0.800 bits per heavy atom. The Balaban J connectivity index is 0. The van der Waals surface area contributed by atoms with Crippen LogP contribution in [0.15, 0.2) is 0 Å². The normalized spacial score (nSPS) is 17.1. The smallest absolute Gasteiger partial charge is 0.206 e. The van der Waals surface area contributed by atoms with Crippen LogP contribution in [0.2, 0.25) is 0 Å². The molecule has 0 amide bonds. The molecule has 0 saturated heterocycles. The third-order valence-corrected chi connectivity index (χ3v) is 7.26. The van der Waals surface area contributed by atoms with Crippen LogP contribution in [0.4, 0.5) is 0 Å². The van der Waals surface area contributed by atoms with Gasteiger partial charge < -0.3 is 4.89 Å². The summed E-state index contributed by atoms with van der Waals surface area (Å²) in [6, 6.07) is 0. The van der Waals surface area contributed by atoms with Crippen molar-refractivity contribution in [2.75, 3.05) is 0 Å². The molecule has 0 radical (unpaired) electrons. The molecule has 122 valence electrons. The monoisotopic (exact) mass is 388 g/mol. The second-order valence-corrected chi connectivity index (χ2v) is 9.18.